The summed E-state index contributed by atoms with van der Waals surface area (Å²) in [5, 5.41) is 7.02. The number of hydrogen-bond donors (Lipinski definition) is 1. The van der Waals surface area contributed by atoms with Crippen LogP contribution < -0.4 is 10.1 Å². The standard InChI is InChI=1S/C15H20FN5O/c1-21-9-12(7-18-21)19-15-17-8-13(16)14(20-15)22-10-11-5-3-2-4-6-11/h7-9,11H,2-6,10H2,1H3,(H,17,19,20). The summed E-state index contributed by atoms with van der Waals surface area (Å²) in [4.78, 5) is 8.03. The first-order valence-electron chi connectivity index (χ1n) is 7.62. The number of aryl methyl sites for hydroxylation is 1. The van der Waals surface area contributed by atoms with Gasteiger partial charge in [0.2, 0.25) is 11.8 Å². The number of halogens is 1. The Morgan fingerprint density at radius 1 is 1.32 bits per heavy atom. The molecule has 0 radical (unpaired) electrons. The average Bonchev–Trinajstić information content (AvgIpc) is 2.94. The third kappa shape index (κ3) is 3.72. The molecule has 1 aliphatic carbocycles. The molecule has 118 valence electrons. The quantitative estimate of drug-likeness (QED) is 0.919. The van der Waals surface area contributed by atoms with Crippen molar-refractivity contribution < 1.29 is 9.13 Å². The number of aromatic nitrogens is 4. The first-order valence-corrected chi connectivity index (χ1v) is 7.62. The molecule has 2 aromatic heterocycles. The molecule has 3 rings (SSSR count). The zero-order valence-electron chi connectivity index (χ0n) is 12.6. The summed E-state index contributed by atoms with van der Waals surface area (Å²) in [6, 6.07) is 0. The molecule has 0 unspecified atom stereocenters. The first kappa shape index (κ1) is 14.7. The fraction of sp³-hybridized carbons (Fsp3) is 0.533. The highest BCUT2D eigenvalue weighted by atomic mass is 19.1. The lowest BCUT2D eigenvalue weighted by Crippen LogP contribution is -2.16. The molecule has 2 heterocycles. The highest BCUT2D eigenvalue weighted by Gasteiger charge is 2.16. The third-order valence-electron chi connectivity index (χ3n) is 3.85. The summed E-state index contributed by atoms with van der Waals surface area (Å²) >= 11 is 0. The second-order valence-corrected chi connectivity index (χ2v) is 5.69. The molecule has 0 amide bonds. The molecule has 0 spiro atoms. The molecule has 0 aromatic carbocycles. The van der Waals surface area contributed by atoms with E-state index in [0.29, 0.717) is 18.5 Å². The van der Waals surface area contributed by atoms with Crippen LogP contribution in [0.5, 0.6) is 5.88 Å². The summed E-state index contributed by atoms with van der Waals surface area (Å²) in [5.74, 6) is 0.269. The van der Waals surface area contributed by atoms with E-state index in [-0.39, 0.29) is 5.88 Å². The van der Waals surface area contributed by atoms with Gasteiger partial charge in [0.15, 0.2) is 0 Å². The highest BCUT2D eigenvalue weighted by Crippen LogP contribution is 2.25. The molecule has 1 N–H and O–H groups in total. The highest BCUT2D eigenvalue weighted by molar-refractivity contribution is 5.50. The summed E-state index contributed by atoms with van der Waals surface area (Å²) in [6.07, 6.45) is 10.6. The molecule has 7 heteroatoms. The van der Waals surface area contributed by atoms with E-state index in [1.165, 1.54) is 19.3 Å². The predicted octanol–water partition coefficient (Wildman–Crippen LogP) is 3.05. The molecule has 0 bridgehead atoms. The summed E-state index contributed by atoms with van der Waals surface area (Å²) in [6.45, 7) is 0.514. The Hall–Kier alpha value is -2.18. The van der Waals surface area contributed by atoms with Gasteiger partial charge in [-0.05, 0) is 18.8 Å². The number of nitrogens with one attached hydrogen (secondary N) is 1. The molecule has 1 fully saturated rings. The number of rotatable bonds is 5. The SMILES string of the molecule is Cn1cc(Nc2ncc(F)c(OCC3CCCCC3)n2)cn1. The second kappa shape index (κ2) is 6.72. The molecular formula is C15H20FN5O. The van der Waals surface area contributed by atoms with Crippen LogP contribution >= 0.6 is 0 Å². The normalized spacial score (nSPS) is 15.7. The minimum atomic E-state index is -0.535. The van der Waals surface area contributed by atoms with Gasteiger partial charge in [0.1, 0.15) is 0 Å². The maximum atomic E-state index is 13.8. The van der Waals surface area contributed by atoms with Gasteiger partial charge in [-0.3, -0.25) is 4.68 Å². The van der Waals surface area contributed by atoms with E-state index in [2.05, 4.69) is 20.4 Å². The van der Waals surface area contributed by atoms with Crippen molar-refractivity contribution >= 4 is 11.6 Å². The molecule has 6 nitrogen and oxygen atoms in total. The van der Waals surface area contributed by atoms with Crippen molar-refractivity contribution in [3.8, 4) is 5.88 Å². The molecule has 22 heavy (non-hydrogen) atoms. The van der Waals surface area contributed by atoms with Crippen LogP contribution in [0.1, 0.15) is 32.1 Å². The van der Waals surface area contributed by atoms with Gasteiger partial charge >= 0.3 is 0 Å². The van der Waals surface area contributed by atoms with Crippen LogP contribution in [0.25, 0.3) is 0 Å². The van der Waals surface area contributed by atoms with Crippen LogP contribution in [0.15, 0.2) is 18.6 Å². The Morgan fingerprint density at radius 2 is 2.14 bits per heavy atom. The number of hydrogen-bond acceptors (Lipinski definition) is 5. The Morgan fingerprint density at radius 3 is 2.86 bits per heavy atom. The predicted molar refractivity (Wildman–Crippen MR) is 80.6 cm³/mol. The van der Waals surface area contributed by atoms with Gasteiger partial charge in [-0.25, -0.2) is 4.98 Å². The number of anilines is 2. The summed E-state index contributed by atoms with van der Waals surface area (Å²) < 4.78 is 21.0. The second-order valence-electron chi connectivity index (χ2n) is 5.69. The van der Waals surface area contributed by atoms with Crippen LogP contribution in [0, 0.1) is 11.7 Å². The Labute approximate surface area is 128 Å². The largest absolute Gasteiger partial charge is 0.475 e. The summed E-state index contributed by atoms with van der Waals surface area (Å²) in [5.41, 5.74) is 0.743. The monoisotopic (exact) mass is 305 g/mol. The van der Waals surface area contributed by atoms with Gasteiger partial charge < -0.3 is 10.1 Å². The lowest BCUT2D eigenvalue weighted by molar-refractivity contribution is 0.195. The van der Waals surface area contributed by atoms with Crippen molar-refractivity contribution in [2.24, 2.45) is 13.0 Å². The Bertz CT molecular complexity index is 624. The van der Waals surface area contributed by atoms with Crippen molar-refractivity contribution in [3.63, 3.8) is 0 Å². The molecule has 2 aromatic rings. The van der Waals surface area contributed by atoms with E-state index in [0.717, 1.165) is 24.7 Å². The Kier molecular flexibility index (Phi) is 4.50. The Balaban J connectivity index is 1.64. The van der Waals surface area contributed by atoms with Crippen molar-refractivity contribution in [2.75, 3.05) is 11.9 Å². The molecule has 0 saturated heterocycles. The maximum Gasteiger partial charge on any atom is 0.255 e. The fourth-order valence-electron chi connectivity index (χ4n) is 2.68. The van der Waals surface area contributed by atoms with Crippen LogP contribution in [0.4, 0.5) is 16.0 Å². The smallest absolute Gasteiger partial charge is 0.255 e. The van der Waals surface area contributed by atoms with E-state index in [4.69, 9.17) is 4.74 Å². The van der Waals surface area contributed by atoms with Gasteiger partial charge in [-0.1, -0.05) is 19.3 Å². The van der Waals surface area contributed by atoms with Gasteiger partial charge in [-0.15, -0.1) is 0 Å². The lowest BCUT2D eigenvalue weighted by atomic mass is 9.90. The maximum absolute atomic E-state index is 13.8. The van der Waals surface area contributed by atoms with Crippen LogP contribution in [-0.4, -0.2) is 26.4 Å². The van der Waals surface area contributed by atoms with Gasteiger partial charge in [0, 0.05) is 13.2 Å². The molecule has 1 aliphatic rings. The molecule has 0 atom stereocenters. The average molecular weight is 305 g/mol. The minimum absolute atomic E-state index is 0.00645. The van der Waals surface area contributed by atoms with Crippen molar-refractivity contribution in [2.45, 2.75) is 32.1 Å². The molecular weight excluding hydrogens is 285 g/mol. The van der Waals surface area contributed by atoms with Gasteiger partial charge in [-0.2, -0.15) is 14.5 Å². The van der Waals surface area contributed by atoms with Gasteiger partial charge in [0.05, 0.1) is 24.7 Å². The van der Waals surface area contributed by atoms with E-state index >= 15 is 0 Å². The summed E-state index contributed by atoms with van der Waals surface area (Å²) in [7, 11) is 1.81. The zero-order valence-corrected chi connectivity index (χ0v) is 12.6. The molecule has 1 saturated carbocycles. The van der Waals surface area contributed by atoms with Crippen LogP contribution in [0.2, 0.25) is 0 Å². The van der Waals surface area contributed by atoms with E-state index in [1.807, 2.05) is 7.05 Å². The van der Waals surface area contributed by atoms with Crippen LogP contribution in [-0.2, 0) is 7.05 Å². The van der Waals surface area contributed by atoms with Crippen molar-refractivity contribution in [1.82, 2.24) is 19.7 Å². The zero-order chi connectivity index (χ0) is 15.4. The lowest BCUT2D eigenvalue weighted by Gasteiger charge is -2.21. The van der Waals surface area contributed by atoms with E-state index in [9.17, 15) is 4.39 Å². The third-order valence-corrected chi connectivity index (χ3v) is 3.85. The number of nitrogens with zero attached hydrogens (tertiary/aromatic N) is 4. The van der Waals surface area contributed by atoms with Gasteiger partial charge in [0.25, 0.3) is 5.88 Å². The first-order chi connectivity index (χ1) is 10.7. The van der Waals surface area contributed by atoms with E-state index < -0.39 is 5.82 Å². The minimum Gasteiger partial charge on any atom is -0.475 e. The van der Waals surface area contributed by atoms with E-state index in [1.54, 1.807) is 17.1 Å². The topological polar surface area (TPSA) is 64.9 Å². The van der Waals surface area contributed by atoms with Crippen molar-refractivity contribution in [3.05, 3.63) is 24.4 Å². The van der Waals surface area contributed by atoms with Crippen LogP contribution in [0.3, 0.4) is 0 Å². The number of ether oxygens (including phenoxy) is 1. The molecule has 0 aliphatic heterocycles. The van der Waals surface area contributed by atoms with Crippen molar-refractivity contribution in [1.29, 1.82) is 0 Å². The fourth-order valence-corrected chi connectivity index (χ4v) is 2.68.